The highest BCUT2D eigenvalue weighted by Crippen LogP contribution is 2.26. The first-order valence-electron chi connectivity index (χ1n) is 6.48. The van der Waals surface area contributed by atoms with Crippen molar-refractivity contribution in [2.75, 3.05) is 13.1 Å². The molecule has 1 aliphatic heterocycles. The average molecular weight is 263 g/mol. The first-order valence-corrected chi connectivity index (χ1v) is 6.48. The zero-order valence-electron chi connectivity index (χ0n) is 11.0. The minimum atomic E-state index is -0.726. The van der Waals surface area contributed by atoms with E-state index in [4.69, 9.17) is 0 Å². The van der Waals surface area contributed by atoms with Crippen molar-refractivity contribution in [3.05, 3.63) is 41.7 Å². The van der Waals surface area contributed by atoms with Gasteiger partial charge in [0.2, 0.25) is 5.91 Å². The van der Waals surface area contributed by atoms with E-state index in [0.717, 1.165) is 6.42 Å². The summed E-state index contributed by atoms with van der Waals surface area (Å²) in [6.07, 6.45) is 4.41. The van der Waals surface area contributed by atoms with E-state index in [9.17, 15) is 14.3 Å². The minimum Gasteiger partial charge on any atom is -0.386 e. The van der Waals surface area contributed by atoms with Gasteiger partial charge in [-0.1, -0.05) is 31.5 Å². The standard InChI is InChI=1S/C15H18FNO2/c1-2-9-15(19)10-17(11-15)14(18)8-7-12-5-3-4-6-13(12)16/h3-8,19H,2,9-11H2,1H3. The number of rotatable bonds is 4. The third-order valence-electron chi connectivity index (χ3n) is 3.31. The quantitative estimate of drug-likeness (QED) is 0.846. The zero-order valence-corrected chi connectivity index (χ0v) is 11.0. The summed E-state index contributed by atoms with van der Waals surface area (Å²) in [4.78, 5) is 13.4. The van der Waals surface area contributed by atoms with Crippen LogP contribution in [0.5, 0.6) is 0 Å². The molecule has 0 aromatic heterocycles. The molecule has 1 N–H and O–H groups in total. The maximum atomic E-state index is 13.3. The van der Waals surface area contributed by atoms with Gasteiger partial charge in [-0.15, -0.1) is 0 Å². The van der Waals surface area contributed by atoms with E-state index in [0.29, 0.717) is 25.1 Å². The van der Waals surface area contributed by atoms with Crippen LogP contribution in [0.4, 0.5) is 4.39 Å². The lowest BCUT2D eigenvalue weighted by Crippen LogP contribution is -2.63. The summed E-state index contributed by atoms with van der Waals surface area (Å²) < 4.78 is 13.3. The van der Waals surface area contributed by atoms with Crippen molar-refractivity contribution in [3.63, 3.8) is 0 Å². The number of carbonyl (C=O) groups is 1. The van der Waals surface area contributed by atoms with Gasteiger partial charge < -0.3 is 10.0 Å². The third-order valence-corrected chi connectivity index (χ3v) is 3.31. The SMILES string of the molecule is CCCC1(O)CN(C(=O)C=Cc2ccccc2F)C1. The minimum absolute atomic E-state index is 0.191. The number of likely N-dealkylation sites (tertiary alicyclic amines) is 1. The van der Waals surface area contributed by atoms with Crippen molar-refractivity contribution in [2.24, 2.45) is 0 Å². The number of nitrogens with zero attached hydrogens (tertiary/aromatic N) is 1. The molecule has 102 valence electrons. The molecular formula is C15H18FNO2. The number of aliphatic hydroxyl groups is 1. The zero-order chi connectivity index (χ0) is 13.9. The molecule has 1 aliphatic rings. The van der Waals surface area contributed by atoms with Crippen LogP contribution in [0.15, 0.2) is 30.3 Å². The van der Waals surface area contributed by atoms with E-state index in [1.54, 1.807) is 23.1 Å². The highest BCUT2D eigenvalue weighted by Gasteiger charge is 2.41. The molecule has 0 aliphatic carbocycles. The Bertz CT molecular complexity index is 493. The fraction of sp³-hybridized carbons (Fsp3) is 0.400. The second kappa shape index (κ2) is 5.53. The maximum absolute atomic E-state index is 13.3. The predicted molar refractivity (Wildman–Crippen MR) is 71.9 cm³/mol. The van der Waals surface area contributed by atoms with Gasteiger partial charge in [-0.2, -0.15) is 0 Å². The van der Waals surface area contributed by atoms with Crippen molar-refractivity contribution in [1.29, 1.82) is 0 Å². The van der Waals surface area contributed by atoms with Gasteiger partial charge in [-0.25, -0.2) is 4.39 Å². The van der Waals surface area contributed by atoms with Crippen molar-refractivity contribution in [3.8, 4) is 0 Å². The molecule has 1 amide bonds. The van der Waals surface area contributed by atoms with Gasteiger partial charge in [0.25, 0.3) is 0 Å². The van der Waals surface area contributed by atoms with Crippen LogP contribution in [0.25, 0.3) is 6.08 Å². The Hall–Kier alpha value is -1.68. The summed E-state index contributed by atoms with van der Waals surface area (Å²) in [6, 6.07) is 6.29. The highest BCUT2D eigenvalue weighted by atomic mass is 19.1. The monoisotopic (exact) mass is 263 g/mol. The molecule has 1 heterocycles. The molecule has 3 nitrogen and oxygen atoms in total. The van der Waals surface area contributed by atoms with Crippen LogP contribution in [-0.2, 0) is 4.79 Å². The lowest BCUT2D eigenvalue weighted by Gasteiger charge is -2.46. The van der Waals surface area contributed by atoms with Crippen molar-refractivity contribution in [2.45, 2.75) is 25.4 Å². The Morgan fingerprint density at radius 3 is 2.79 bits per heavy atom. The summed E-state index contributed by atoms with van der Waals surface area (Å²) in [5.74, 6) is -0.540. The van der Waals surface area contributed by atoms with Crippen LogP contribution in [0.1, 0.15) is 25.3 Å². The number of carbonyl (C=O) groups excluding carboxylic acids is 1. The van der Waals surface area contributed by atoms with Crippen molar-refractivity contribution < 1.29 is 14.3 Å². The molecule has 0 saturated carbocycles. The molecule has 0 spiro atoms. The lowest BCUT2D eigenvalue weighted by molar-refractivity contribution is -0.151. The Labute approximate surface area is 112 Å². The van der Waals surface area contributed by atoms with Crippen molar-refractivity contribution in [1.82, 2.24) is 4.90 Å². The van der Waals surface area contributed by atoms with Crippen LogP contribution >= 0.6 is 0 Å². The smallest absolute Gasteiger partial charge is 0.246 e. The van der Waals surface area contributed by atoms with Crippen molar-refractivity contribution >= 4 is 12.0 Å². The number of benzene rings is 1. The molecule has 1 saturated heterocycles. The predicted octanol–water partition coefficient (Wildman–Crippen LogP) is 2.21. The van der Waals surface area contributed by atoms with Crippen LogP contribution in [-0.4, -0.2) is 34.6 Å². The molecule has 0 bridgehead atoms. The van der Waals surface area contributed by atoms with E-state index in [2.05, 4.69) is 0 Å². The molecule has 0 unspecified atom stereocenters. The van der Waals surface area contributed by atoms with Gasteiger partial charge in [0, 0.05) is 11.6 Å². The number of hydrogen-bond acceptors (Lipinski definition) is 2. The molecule has 19 heavy (non-hydrogen) atoms. The third kappa shape index (κ3) is 3.20. The van der Waals surface area contributed by atoms with E-state index in [-0.39, 0.29) is 11.7 Å². The van der Waals surface area contributed by atoms with Gasteiger partial charge >= 0.3 is 0 Å². The highest BCUT2D eigenvalue weighted by molar-refractivity contribution is 5.92. The summed E-state index contributed by atoms with van der Waals surface area (Å²) in [5, 5.41) is 9.98. The Balaban J connectivity index is 1.91. The summed E-state index contributed by atoms with van der Waals surface area (Å²) in [6.45, 7) is 2.73. The second-order valence-electron chi connectivity index (χ2n) is 5.02. The van der Waals surface area contributed by atoms with E-state index >= 15 is 0 Å². The molecule has 1 aromatic rings. The Morgan fingerprint density at radius 2 is 2.16 bits per heavy atom. The number of β-amino-alcohol motifs (C(OH)–C–C–N with tert-alkyl or cyclic N) is 1. The fourth-order valence-electron chi connectivity index (χ4n) is 2.32. The second-order valence-corrected chi connectivity index (χ2v) is 5.02. The van der Waals surface area contributed by atoms with Gasteiger partial charge in [-0.3, -0.25) is 4.79 Å². The number of halogens is 1. The topological polar surface area (TPSA) is 40.5 Å². The number of hydrogen-bond donors (Lipinski definition) is 1. The molecule has 0 radical (unpaired) electrons. The molecule has 4 heteroatoms. The van der Waals surface area contributed by atoms with E-state index < -0.39 is 5.60 Å². The van der Waals surface area contributed by atoms with Crippen LogP contribution in [0.3, 0.4) is 0 Å². The van der Waals surface area contributed by atoms with Gasteiger partial charge in [0.1, 0.15) is 5.82 Å². The van der Waals surface area contributed by atoms with Gasteiger partial charge in [0.15, 0.2) is 0 Å². The lowest BCUT2D eigenvalue weighted by atomic mass is 9.89. The Kier molecular flexibility index (Phi) is 4.00. The van der Waals surface area contributed by atoms with Crippen LogP contribution < -0.4 is 0 Å². The first kappa shape index (κ1) is 13.7. The summed E-state index contributed by atoms with van der Waals surface area (Å²) >= 11 is 0. The van der Waals surface area contributed by atoms with Gasteiger partial charge in [-0.05, 0) is 18.6 Å². The number of amides is 1. The molecule has 1 fully saturated rings. The van der Waals surface area contributed by atoms with E-state index in [1.165, 1.54) is 18.2 Å². The molecular weight excluding hydrogens is 245 g/mol. The molecule has 1 aromatic carbocycles. The fourth-order valence-corrected chi connectivity index (χ4v) is 2.32. The summed E-state index contributed by atoms with van der Waals surface area (Å²) in [5.41, 5.74) is -0.337. The maximum Gasteiger partial charge on any atom is 0.246 e. The molecule has 2 rings (SSSR count). The van der Waals surface area contributed by atoms with Gasteiger partial charge in [0.05, 0.1) is 18.7 Å². The Morgan fingerprint density at radius 1 is 1.47 bits per heavy atom. The normalized spacial score (nSPS) is 17.5. The van der Waals surface area contributed by atoms with E-state index in [1.807, 2.05) is 6.92 Å². The van der Waals surface area contributed by atoms with Crippen LogP contribution in [0, 0.1) is 5.82 Å². The average Bonchev–Trinajstić information content (AvgIpc) is 2.35. The first-order chi connectivity index (χ1) is 9.04. The van der Waals surface area contributed by atoms with Crippen LogP contribution in [0.2, 0.25) is 0 Å². The summed E-state index contributed by atoms with van der Waals surface area (Å²) in [7, 11) is 0. The largest absolute Gasteiger partial charge is 0.386 e. The molecule has 0 atom stereocenters.